The fourth-order valence-electron chi connectivity index (χ4n) is 10.0. The van der Waals surface area contributed by atoms with Crippen LogP contribution in [-0.4, -0.2) is 19.3 Å². The van der Waals surface area contributed by atoms with Gasteiger partial charge in [0.05, 0.1) is 0 Å². The number of nitriles is 2. The van der Waals surface area contributed by atoms with E-state index in [0.29, 0.717) is 10.4 Å². The van der Waals surface area contributed by atoms with E-state index in [1.165, 1.54) is 95.6 Å². The van der Waals surface area contributed by atoms with E-state index in [4.69, 9.17) is 0 Å². The van der Waals surface area contributed by atoms with Crippen LogP contribution >= 0.6 is 22.7 Å². The van der Waals surface area contributed by atoms with Crippen LogP contribution in [0.5, 0.6) is 11.8 Å². The molecule has 2 aromatic carbocycles. The number of aromatic hydroxyl groups is 2. The minimum absolute atomic E-state index is 0.00935. The molecule has 1 aliphatic carbocycles. The number of fused-ring (bicyclic) bond motifs is 3. The largest absolute Gasteiger partial charge is 0.493 e. The highest BCUT2D eigenvalue weighted by atomic mass is 32.1. The molecule has 7 rings (SSSR count). The van der Waals surface area contributed by atoms with E-state index in [9.17, 15) is 30.3 Å². The molecule has 0 unspecified atom stereocenters. The normalized spacial score (nSPS) is 13.2. The predicted octanol–water partition coefficient (Wildman–Crippen LogP) is 10.9. The Hall–Kier alpha value is -6.20. The lowest BCUT2D eigenvalue weighted by atomic mass is 9.70. The van der Waals surface area contributed by atoms with Crippen LogP contribution in [0.25, 0.3) is 57.3 Å². The van der Waals surface area contributed by atoms with Gasteiger partial charge in [-0.05, 0) is 109 Å². The monoisotopic (exact) mass is 930 g/mol. The van der Waals surface area contributed by atoms with Crippen LogP contribution in [0.15, 0.2) is 70.3 Å². The highest BCUT2D eigenvalue weighted by Gasteiger charge is 2.42. The van der Waals surface area contributed by atoms with E-state index in [1.54, 1.807) is 48.7 Å². The quantitative estimate of drug-likeness (QED) is 0.0733. The lowest BCUT2D eigenvalue weighted by molar-refractivity contribution is 0.398. The Morgan fingerprint density at radius 3 is 1.34 bits per heavy atom. The third-order valence-electron chi connectivity index (χ3n) is 13.7. The summed E-state index contributed by atoms with van der Waals surface area (Å²) in [5.41, 5.74) is 6.60. The summed E-state index contributed by atoms with van der Waals surface area (Å²) in [6.07, 6.45) is 20.2. The van der Waals surface area contributed by atoms with E-state index in [2.05, 4.69) is 75.5 Å². The highest BCUT2D eigenvalue weighted by molar-refractivity contribution is 7.16. The van der Waals surface area contributed by atoms with Crippen molar-refractivity contribution in [3.63, 3.8) is 0 Å². The molecule has 4 heterocycles. The molecule has 0 bridgehead atoms. The Balaban J connectivity index is 1.33. The first-order valence-electron chi connectivity index (χ1n) is 24.1. The van der Waals surface area contributed by atoms with Gasteiger partial charge in [-0.25, -0.2) is 0 Å². The van der Waals surface area contributed by atoms with Gasteiger partial charge in [0, 0.05) is 58.9 Å². The molecule has 1 aliphatic rings. The van der Waals surface area contributed by atoms with Gasteiger partial charge in [-0.15, -0.1) is 22.7 Å². The van der Waals surface area contributed by atoms with Crippen molar-refractivity contribution in [2.45, 2.75) is 136 Å². The van der Waals surface area contributed by atoms with Gasteiger partial charge in [0.25, 0.3) is 11.1 Å². The molecule has 0 aliphatic heterocycles. The van der Waals surface area contributed by atoms with Crippen LogP contribution < -0.4 is 32.0 Å². The zero-order chi connectivity index (χ0) is 47.8. The Kier molecular flexibility index (Phi) is 15.7. The van der Waals surface area contributed by atoms with Crippen LogP contribution in [0.2, 0.25) is 0 Å². The topological polar surface area (TPSA) is 132 Å². The first kappa shape index (κ1) is 48.7. The molecule has 2 N–H and O–H groups in total. The SMILES string of the molecule is C=c1c(C#N)c(O)n(CC)c(=O)/c1=C\c1ccc(-c2ccc3c(c2)C(CCCCCCCC)(CCCCCCCC)c2cc(-c4ccc(/C=c5/c(=C)c(C#N)c(O)n(CC)c5=O)s4)ccc2-3)s1. The number of pyridine rings is 2. The predicted molar refractivity (Wildman–Crippen MR) is 277 cm³/mol. The molecule has 6 aromatic rings. The Morgan fingerprint density at radius 2 is 0.970 bits per heavy atom. The number of thiophene rings is 2. The van der Waals surface area contributed by atoms with Gasteiger partial charge in [0.15, 0.2) is 0 Å². The average molecular weight is 931 g/mol. The Morgan fingerprint density at radius 1 is 0.582 bits per heavy atom. The van der Waals surface area contributed by atoms with Crippen LogP contribution in [-0.2, 0) is 18.5 Å². The van der Waals surface area contributed by atoms with E-state index in [-0.39, 0.29) is 62.9 Å². The lowest BCUT2D eigenvalue weighted by Gasteiger charge is -2.33. The smallest absolute Gasteiger partial charge is 0.261 e. The summed E-state index contributed by atoms with van der Waals surface area (Å²) in [6.45, 7) is 16.6. The van der Waals surface area contributed by atoms with E-state index in [0.717, 1.165) is 56.3 Å². The molecule has 67 heavy (non-hydrogen) atoms. The first-order chi connectivity index (χ1) is 32.5. The molecule has 346 valence electrons. The van der Waals surface area contributed by atoms with Gasteiger partial charge in [-0.3, -0.25) is 18.7 Å². The molecule has 0 amide bonds. The fourth-order valence-corrected chi connectivity index (χ4v) is 11.9. The van der Waals surface area contributed by atoms with Crippen molar-refractivity contribution in [2.24, 2.45) is 0 Å². The van der Waals surface area contributed by atoms with Crippen molar-refractivity contribution in [2.75, 3.05) is 0 Å². The third-order valence-corrected chi connectivity index (χ3v) is 15.9. The molecular weight excluding hydrogens is 869 g/mol. The van der Waals surface area contributed by atoms with Crippen molar-refractivity contribution in [1.29, 1.82) is 10.5 Å². The minimum Gasteiger partial charge on any atom is -0.493 e. The zero-order valence-corrected chi connectivity index (χ0v) is 41.1. The Labute approximate surface area is 402 Å². The second-order valence-corrected chi connectivity index (χ2v) is 20.1. The summed E-state index contributed by atoms with van der Waals surface area (Å²) in [4.78, 5) is 30.8. The lowest BCUT2D eigenvalue weighted by Crippen LogP contribution is -2.45. The average Bonchev–Trinajstić information content (AvgIpc) is 4.07. The maximum Gasteiger partial charge on any atom is 0.261 e. The maximum absolute atomic E-state index is 13.5. The number of benzene rings is 2. The summed E-state index contributed by atoms with van der Waals surface area (Å²) >= 11 is 3.19. The van der Waals surface area contributed by atoms with Crippen molar-refractivity contribution in [1.82, 2.24) is 9.13 Å². The van der Waals surface area contributed by atoms with Crippen LogP contribution in [0.3, 0.4) is 0 Å². The van der Waals surface area contributed by atoms with Crippen LogP contribution in [0.1, 0.15) is 150 Å². The molecule has 4 aromatic heterocycles. The molecule has 10 heteroatoms. The minimum atomic E-state index is -0.375. The highest BCUT2D eigenvalue weighted by Crippen LogP contribution is 2.56. The van der Waals surface area contributed by atoms with Gasteiger partial charge in [0.2, 0.25) is 11.8 Å². The number of hydrogen-bond acceptors (Lipinski definition) is 8. The molecule has 8 nitrogen and oxygen atoms in total. The second-order valence-electron chi connectivity index (χ2n) is 17.8. The van der Waals surface area contributed by atoms with Gasteiger partial charge in [-0.1, -0.05) is 128 Å². The second kappa shape index (κ2) is 21.6. The van der Waals surface area contributed by atoms with Crippen molar-refractivity contribution >= 4 is 48.0 Å². The summed E-state index contributed by atoms with van der Waals surface area (Å²) < 4.78 is 2.43. The summed E-state index contributed by atoms with van der Waals surface area (Å²) in [6, 6.07) is 26.2. The fraction of sp³-hybridized carbons (Fsp3) is 0.368. The number of hydrogen-bond donors (Lipinski definition) is 2. The summed E-state index contributed by atoms with van der Waals surface area (Å²) in [7, 11) is 0. The molecule has 0 spiro atoms. The van der Waals surface area contributed by atoms with Gasteiger partial charge in [-0.2, -0.15) is 10.5 Å². The van der Waals surface area contributed by atoms with Crippen LogP contribution in [0, 0.1) is 22.7 Å². The van der Waals surface area contributed by atoms with Gasteiger partial charge >= 0.3 is 0 Å². The maximum atomic E-state index is 13.5. The number of unbranched alkanes of at least 4 members (excludes halogenated alkanes) is 10. The molecular formula is C57H62N4O4S2. The van der Waals surface area contributed by atoms with Crippen molar-refractivity contribution in [3.8, 4) is 55.9 Å². The van der Waals surface area contributed by atoms with E-state index < -0.39 is 0 Å². The molecule has 0 atom stereocenters. The number of aromatic nitrogens is 2. The van der Waals surface area contributed by atoms with Crippen molar-refractivity contribution < 1.29 is 10.2 Å². The van der Waals surface area contributed by atoms with E-state index in [1.807, 2.05) is 24.3 Å². The van der Waals surface area contributed by atoms with Gasteiger partial charge in [0.1, 0.15) is 23.3 Å². The molecule has 0 fully saturated rings. The molecule has 0 saturated carbocycles. The number of nitrogens with zero attached hydrogens (tertiary/aromatic N) is 4. The summed E-state index contributed by atoms with van der Waals surface area (Å²) in [5.74, 6) is -0.699. The van der Waals surface area contributed by atoms with Gasteiger partial charge < -0.3 is 10.2 Å². The van der Waals surface area contributed by atoms with Crippen LogP contribution in [0.4, 0.5) is 0 Å². The summed E-state index contributed by atoms with van der Waals surface area (Å²) in [5, 5.41) is 41.9. The zero-order valence-electron chi connectivity index (χ0n) is 39.5. The van der Waals surface area contributed by atoms with Crippen molar-refractivity contribution in [3.05, 3.63) is 134 Å². The Bertz CT molecular complexity index is 3030. The van der Waals surface area contributed by atoms with E-state index >= 15 is 0 Å². The molecule has 0 radical (unpaired) electrons. The molecule has 0 saturated heterocycles. The number of rotatable bonds is 20. The standard InChI is InChI=1S/C57H62N4O4S2/c1-7-11-13-15-17-19-29-57(30-20-18-16-14-12-8-2)49-31-39(51-27-23-41(66-51)33-45-37(5)47(35-58)55(64)60(9-3)53(45)62)21-25-43(49)44-26-22-40(32-50(44)57)52-28-24-42(67-52)34-46-38(6)48(36-59)56(65)61(10-4)54(46)63/h21-28,31-34,64-65H,5-20,29-30H2,1-4H3/b45-33-,46-34-. The third kappa shape index (κ3) is 9.66. The first-order valence-corrected chi connectivity index (χ1v) is 25.7.